The molecule has 9 heteroatoms. The summed E-state index contributed by atoms with van der Waals surface area (Å²) in [7, 11) is 1.72. The van der Waals surface area contributed by atoms with Gasteiger partial charge in [-0.3, -0.25) is 9.59 Å². The molecule has 2 aromatic heterocycles. The second kappa shape index (κ2) is 6.40. The number of nitrogens with one attached hydrogen (secondary N) is 1. The molecule has 1 aliphatic carbocycles. The number of fused-ring (bicyclic) bond motifs is 2. The lowest BCUT2D eigenvalue weighted by atomic mass is 9.85. The summed E-state index contributed by atoms with van der Waals surface area (Å²) in [5.41, 5.74) is 0.142. The topological polar surface area (TPSA) is 97.9 Å². The Labute approximate surface area is 169 Å². The third-order valence-electron chi connectivity index (χ3n) is 6.92. The highest BCUT2D eigenvalue weighted by atomic mass is 16.2. The minimum absolute atomic E-state index is 0.0613. The van der Waals surface area contributed by atoms with Gasteiger partial charge in [0.2, 0.25) is 5.91 Å². The van der Waals surface area contributed by atoms with Crippen LogP contribution in [0, 0.1) is 5.41 Å². The molecule has 2 aromatic rings. The van der Waals surface area contributed by atoms with Gasteiger partial charge in [0.1, 0.15) is 11.5 Å². The number of likely N-dealkylation sites (tertiary alicyclic amines) is 1. The van der Waals surface area contributed by atoms with Crippen LogP contribution in [0.15, 0.2) is 18.6 Å². The fourth-order valence-electron chi connectivity index (χ4n) is 4.96. The van der Waals surface area contributed by atoms with E-state index in [1.807, 2.05) is 11.1 Å². The number of carbonyl (C=O) groups excluding carboxylic acids is 2. The molecule has 29 heavy (non-hydrogen) atoms. The molecule has 0 bridgehead atoms. The van der Waals surface area contributed by atoms with Gasteiger partial charge in [0.25, 0.3) is 5.91 Å². The molecule has 2 amide bonds. The Kier molecular flexibility index (Phi) is 4.04. The molecular weight excluding hydrogens is 370 g/mol. The van der Waals surface area contributed by atoms with Crippen LogP contribution < -0.4 is 5.32 Å². The van der Waals surface area contributed by atoms with Gasteiger partial charge in [0, 0.05) is 44.4 Å². The minimum Gasteiger partial charge on any atom is -0.346 e. The second-order valence-corrected chi connectivity index (χ2v) is 8.90. The molecule has 1 unspecified atom stereocenters. The third kappa shape index (κ3) is 2.78. The normalized spacial score (nSPS) is 23.0. The van der Waals surface area contributed by atoms with E-state index in [9.17, 15) is 9.59 Å². The van der Waals surface area contributed by atoms with E-state index >= 15 is 0 Å². The first-order valence-electron chi connectivity index (χ1n) is 10.5. The lowest BCUT2D eigenvalue weighted by Crippen LogP contribution is -2.63. The van der Waals surface area contributed by atoms with Crippen molar-refractivity contribution in [2.24, 2.45) is 12.5 Å². The number of aromatic nitrogens is 5. The quantitative estimate of drug-likeness (QED) is 0.794. The monoisotopic (exact) mass is 397 g/mol. The molecule has 154 valence electrons. The summed E-state index contributed by atoms with van der Waals surface area (Å²) >= 11 is 0. The van der Waals surface area contributed by atoms with Crippen LogP contribution in [0.25, 0.3) is 0 Å². The summed E-state index contributed by atoms with van der Waals surface area (Å²) in [5, 5.41) is 10.9. The van der Waals surface area contributed by atoms with Crippen molar-refractivity contribution in [1.29, 1.82) is 0 Å². The van der Waals surface area contributed by atoms with E-state index < -0.39 is 0 Å². The fourth-order valence-corrected chi connectivity index (χ4v) is 4.96. The summed E-state index contributed by atoms with van der Waals surface area (Å²) < 4.78 is 3.66. The molecule has 5 rings (SSSR count). The third-order valence-corrected chi connectivity index (χ3v) is 6.92. The van der Waals surface area contributed by atoms with E-state index in [0.29, 0.717) is 18.8 Å². The molecule has 1 spiro atoms. The highest BCUT2D eigenvalue weighted by Gasteiger charge is 2.56. The molecule has 1 N–H and O–H groups in total. The number of nitrogens with zero attached hydrogens (tertiary/aromatic N) is 6. The molecule has 0 radical (unpaired) electrons. The maximum absolute atomic E-state index is 13.0. The largest absolute Gasteiger partial charge is 0.346 e. The number of rotatable bonds is 6. The number of aryl methyl sites for hydroxylation is 1. The Morgan fingerprint density at radius 3 is 2.76 bits per heavy atom. The maximum atomic E-state index is 13.0. The van der Waals surface area contributed by atoms with Crippen LogP contribution in [0.4, 0.5) is 0 Å². The van der Waals surface area contributed by atoms with E-state index in [-0.39, 0.29) is 28.8 Å². The average molecular weight is 397 g/mol. The van der Waals surface area contributed by atoms with Crippen LogP contribution >= 0.6 is 0 Å². The zero-order valence-electron chi connectivity index (χ0n) is 17.0. The number of imidazole rings is 1. The Morgan fingerprint density at radius 1 is 1.31 bits per heavy atom. The molecular formula is C20H27N7O2. The van der Waals surface area contributed by atoms with Crippen molar-refractivity contribution in [2.75, 3.05) is 13.1 Å². The zero-order valence-corrected chi connectivity index (χ0v) is 17.0. The van der Waals surface area contributed by atoms with Crippen molar-refractivity contribution < 1.29 is 9.59 Å². The highest BCUT2D eigenvalue weighted by Crippen LogP contribution is 2.51. The zero-order chi connectivity index (χ0) is 20.2. The fraction of sp³-hybridized carbons (Fsp3) is 0.650. The smallest absolute Gasteiger partial charge is 0.273 e. The summed E-state index contributed by atoms with van der Waals surface area (Å²) in [6.45, 7) is 3.37. The summed E-state index contributed by atoms with van der Waals surface area (Å²) in [5.74, 6) is 1.02. The van der Waals surface area contributed by atoms with Crippen molar-refractivity contribution in [3.8, 4) is 0 Å². The molecule has 1 atom stereocenters. The number of hydrogen-bond acceptors (Lipinski definition) is 5. The van der Waals surface area contributed by atoms with Crippen molar-refractivity contribution in [2.45, 2.75) is 57.0 Å². The Morgan fingerprint density at radius 2 is 2.10 bits per heavy atom. The first-order chi connectivity index (χ1) is 14.0. The van der Waals surface area contributed by atoms with Crippen LogP contribution in [0.3, 0.4) is 0 Å². The van der Waals surface area contributed by atoms with Gasteiger partial charge in [-0.2, -0.15) is 0 Å². The Bertz CT molecular complexity index is 952. The molecule has 4 heterocycles. The van der Waals surface area contributed by atoms with Crippen LogP contribution in [0.1, 0.15) is 67.8 Å². The van der Waals surface area contributed by atoms with E-state index in [1.54, 1.807) is 13.2 Å². The molecule has 0 aromatic carbocycles. The first-order valence-corrected chi connectivity index (χ1v) is 10.5. The predicted molar refractivity (Wildman–Crippen MR) is 104 cm³/mol. The van der Waals surface area contributed by atoms with Gasteiger partial charge in [-0.05, 0) is 19.3 Å². The SMILES string of the molecule is CCCCC1(C(=O)NC2CC3(CN(C(=O)c4cnnn4C)C3)n3ccnc32)CC1. The number of amides is 2. The van der Waals surface area contributed by atoms with Gasteiger partial charge in [0.05, 0.1) is 17.8 Å². The minimum atomic E-state index is -0.189. The molecule has 1 saturated carbocycles. The van der Waals surface area contributed by atoms with Crippen molar-refractivity contribution in [3.63, 3.8) is 0 Å². The summed E-state index contributed by atoms with van der Waals surface area (Å²) in [6.07, 6.45) is 11.2. The lowest BCUT2D eigenvalue weighted by Gasteiger charge is -2.48. The second-order valence-electron chi connectivity index (χ2n) is 8.90. The molecule has 2 fully saturated rings. The van der Waals surface area contributed by atoms with Crippen LogP contribution in [0.5, 0.6) is 0 Å². The number of unbranched alkanes of at least 4 members (excludes halogenated alkanes) is 1. The van der Waals surface area contributed by atoms with E-state index in [0.717, 1.165) is 44.3 Å². The first kappa shape index (κ1) is 18.3. The van der Waals surface area contributed by atoms with E-state index in [4.69, 9.17) is 0 Å². The number of carbonyl (C=O) groups is 2. The Balaban J connectivity index is 1.28. The van der Waals surface area contributed by atoms with Gasteiger partial charge >= 0.3 is 0 Å². The number of hydrogen-bond donors (Lipinski definition) is 1. The van der Waals surface area contributed by atoms with Crippen molar-refractivity contribution >= 4 is 11.8 Å². The van der Waals surface area contributed by atoms with Gasteiger partial charge in [-0.25, -0.2) is 9.67 Å². The van der Waals surface area contributed by atoms with Crippen LogP contribution in [-0.2, 0) is 17.4 Å². The maximum Gasteiger partial charge on any atom is 0.273 e. The molecule has 3 aliphatic rings. The molecule has 2 aliphatic heterocycles. The van der Waals surface area contributed by atoms with Gasteiger partial charge in [-0.1, -0.05) is 25.0 Å². The van der Waals surface area contributed by atoms with Crippen LogP contribution in [-0.4, -0.2) is 54.3 Å². The van der Waals surface area contributed by atoms with Gasteiger partial charge in [0.15, 0.2) is 0 Å². The Hall–Kier alpha value is -2.71. The van der Waals surface area contributed by atoms with Gasteiger partial charge in [-0.15, -0.1) is 5.10 Å². The summed E-state index contributed by atoms with van der Waals surface area (Å²) in [6, 6.07) is -0.0905. The highest BCUT2D eigenvalue weighted by molar-refractivity contribution is 5.93. The standard InChI is InChI=1S/C20H27N7O2/c1-3-4-5-19(6-7-19)18(29)23-14-10-20(27-9-8-21-16(14)27)12-26(13-20)17(28)15-11-22-24-25(15)2/h8-9,11,14H,3-7,10,12-13H2,1-2H3,(H,23,29). The van der Waals surface area contributed by atoms with Gasteiger partial charge < -0.3 is 14.8 Å². The van der Waals surface area contributed by atoms with Crippen molar-refractivity contribution in [1.82, 2.24) is 34.8 Å². The molecule has 9 nitrogen and oxygen atoms in total. The van der Waals surface area contributed by atoms with Crippen molar-refractivity contribution in [3.05, 3.63) is 30.1 Å². The predicted octanol–water partition coefficient (Wildman–Crippen LogP) is 1.39. The van der Waals surface area contributed by atoms with E-state index in [1.165, 1.54) is 10.9 Å². The summed E-state index contributed by atoms with van der Waals surface area (Å²) in [4.78, 5) is 32.0. The van der Waals surface area contributed by atoms with E-state index in [2.05, 4.69) is 32.1 Å². The van der Waals surface area contributed by atoms with Crippen LogP contribution in [0.2, 0.25) is 0 Å². The lowest BCUT2D eigenvalue weighted by molar-refractivity contribution is -0.127. The molecule has 1 saturated heterocycles. The average Bonchev–Trinajstić information content (AvgIpc) is 3.01.